The van der Waals surface area contributed by atoms with Crippen molar-refractivity contribution >= 4 is 17.1 Å². The molecule has 0 fully saturated rings. The van der Waals surface area contributed by atoms with Crippen molar-refractivity contribution in [3.8, 4) is 0 Å². The third-order valence-corrected chi connectivity index (χ3v) is 3.08. The molecular formula is C11H15NOS. The molecule has 0 saturated heterocycles. The fourth-order valence-electron chi connectivity index (χ4n) is 1.31. The Hall–Kier alpha value is -0.960. The molecule has 2 nitrogen and oxygen atoms in total. The molecule has 1 heterocycles. The van der Waals surface area contributed by atoms with Crippen LogP contribution in [0.5, 0.6) is 0 Å². The van der Waals surface area contributed by atoms with Crippen LogP contribution < -0.4 is 0 Å². The minimum absolute atomic E-state index is 0.218. The Morgan fingerprint density at radius 3 is 2.79 bits per heavy atom. The summed E-state index contributed by atoms with van der Waals surface area (Å²) in [6.45, 7) is 7.45. The second-order valence-electron chi connectivity index (χ2n) is 3.25. The number of hydrogen-bond donors (Lipinski definition) is 0. The van der Waals surface area contributed by atoms with Gasteiger partial charge in [-0.1, -0.05) is 6.08 Å². The molecule has 1 aromatic rings. The Bertz CT molecular complexity index is 341. The number of rotatable bonds is 5. The fourth-order valence-corrected chi connectivity index (χ4v) is 2.20. The second-order valence-corrected chi connectivity index (χ2v) is 4.45. The number of carbonyl (C=O) groups is 1. The second kappa shape index (κ2) is 5.05. The summed E-state index contributed by atoms with van der Waals surface area (Å²) in [7, 11) is 0. The van der Waals surface area contributed by atoms with Gasteiger partial charge in [0, 0.05) is 6.42 Å². The molecule has 3 heteroatoms. The van der Waals surface area contributed by atoms with Gasteiger partial charge < -0.3 is 0 Å². The minimum atomic E-state index is 0.218. The highest BCUT2D eigenvalue weighted by Gasteiger charge is 2.12. The summed E-state index contributed by atoms with van der Waals surface area (Å²) in [5.74, 6) is 0.218. The van der Waals surface area contributed by atoms with Crippen LogP contribution >= 0.6 is 11.3 Å². The van der Waals surface area contributed by atoms with Gasteiger partial charge in [0.15, 0.2) is 5.78 Å². The van der Waals surface area contributed by atoms with Gasteiger partial charge in [-0.05, 0) is 26.7 Å². The molecule has 0 bridgehead atoms. The lowest BCUT2D eigenvalue weighted by molar-refractivity contribution is 0.0983. The van der Waals surface area contributed by atoms with Crippen LogP contribution in [0.25, 0.3) is 0 Å². The first-order valence-electron chi connectivity index (χ1n) is 4.73. The van der Waals surface area contributed by atoms with Crippen molar-refractivity contribution < 1.29 is 4.79 Å². The molecule has 0 unspecified atom stereocenters. The fraction of sp³-hybridized carbons (Fsp3) is 0.455. The van der Waals surface area contributed by atoms with Crippen molar-refractivity contribution in [1.82, 2.24) is 4.98 Å². The molecule has 0 aliphatic rings. The van der Waals surface area contributed by atoms with Crippen LogP contribution in [0.2, 0.25) is 0 Å². The molecule has 0 amide bonds. The summed E-state index contributed by atoms with van der Waals surface area (Å²) in [5, 5.41) is 0.967. The zero-order valence-corrected chi connectivity index (χ0v) is 9.49. The summed E-state index contributed by atoms with van der Waals surface area (Å²) in [6, 6.07) is 0. The van der Waals surface area contributed by atoms with Crippen LogP contribution in [0.15, 0.2) is 12.7 Å². The molecule has 1 aromatic heterocycles. The number of ketones is 1. The maximum atomic E-state index is 11.7. The van der Waals surface area contributed by atoms with E-state index < -0.39 is 0 Å². The van der Waals surface area contributed by atoms with Gasteiger partial charge in [0.2, 0.25) is 0 Å². The van der Waals surface area contributed by atoms with Crippen molar-refractivity contribution in [2.75, 3.05) is 0 Å². The molecule has 0 atom stereocenters. The SMILES string of the molecule is C=CCCCC(=O)c1sc(C)nc1C. The number of thiazole rings is 1. The van der Waals surface area contributed by atoms with E-state index in [2.05, 4.69) is 11.6 Å². The smallest absolute Gasteiger partial charge is 0.174 e. The van der Waals surface area contributed by atoms with E-state index in [1.165, 1.54) is 11.3 Å². The number of nitrogens with zero attached hydrogens (tertiary/aromatic N) is 1. The largest absolute Gasteiger partial charge is 0.293 e. The maximum absolute atomic E-state index is 11.7. The van der Waals surface area contributed by atoms with Crippen LogP contribution in [-0.4, -0.2) is 10.8 Å². The molecular weight excluding hydrogens is 194 g/mol. The lowest BCUT2D eigenvalue weighted by Gasteiger charge is -1.96. The van der Waals surface area contributed by atoms with E-state index in [1.54, 1.807) is 0 Å². The van der Waals surface area contributed by atoms with Gasteiger partial charge in [-0.3, -0.25) is 4.79 Å². The molecule has 0 aliphatic carbocycles. The minimum Gasteiger partial charge on any atom is -0.293 e. The first kappa shape index (κ1) is 11.1. The van der Waals surface area contributed by atoms with E-state index in [0.29, 0.717) is 6.42 Å². The zero-order valence-electron chi connectivity index (χ0n) is 8.67. The Kier molecular flexibility index (Phi) is 4.01. The Morgan fingerprint density at radius 1 is 1.57 bits per heavy atom. The number of aryl methyl sites for hydroxylation is 2. The monoisotopic (exact) mass is 209 g/mol. The first-order valence-corrected chi connectivity index (χ1v) is 5.55. The molecule has 76 valence electrons. The van der Waals surface area contributed by atoms with E-state index in [9.17, 15) is 4.79 Å². The van der Waals surface area contributed by atoms with Crippen LogP contribution in [0.1, 0.15) is 39.6 Å². The zero-order chi connectivity index (χ0) is 10.6. The summed E-state index contributed by atoms with van der Waals surface area (Å²) in [4.78, 5) is 16.8. The van der Waals surface area contributed by atoms with Crippen LogP contribution in [0.4, 0.5) is 0 Å². The number of unbranched alkanes of at least 4 members (excludes halogenated alkanes) is 1. The molecule has 0 saturated carbocycles. The highest BCUT2D eigenvalue weighted by Crippen LogP contribution is 2.19. The topological polar surface area (TPSA) is 30.0 Å². The van der Waals surface area contributed by atoms with E-state index in [0.717, 1.165) is 28.4 Å². The molecule has 14 heavy (non-hydrogen) atoms. The summed E-state index contributed by atoms with van der Waals surface area (Å²) in [5.41, 5.74) is 0.871. The van der Waals surface area contributed by atoms with Crippen molar-refractivity contribution in [3.05, 3.63) is 28.2 Å². The van der Waals surface area contributed by atoms with E-state index >= 15 is 0 Å². The van der Waals surface area contributed by atoms with E-state index in [1.807, 2.05) is 19.9 Å². The summed E-state index contributed by atoms with van der Waals surface area (Å²) >= 11 is 1.49. The lowest BCUT2D eigenvalue weighted by Crippen LogP contribution is -1.97. The summed E-state index contributed by atoms with van der Waals surface area (Å²) in [6.07, 6.45) is 4.24. The molecule has 0 N–H and O–H groups in total. The van der Waals surface area contributed by atoms with Crippen molar-refractivity contribution in [3.63, 3.8) is 0 Å². The quantitative estimate of drug-likeness (QED) is 0.423. The molecule has 0 aliphatic heterocycles. The molecule has 0 aromatic carbocycles. The predicted octanol–water partition coefficient (Wildman–Crippen LogP) is 3.30. The first-order chi connectivity index (χ1) is 6.65. The summed E-state index contributed by atoms with van der Waals surface area (Å²) < 4.78 is 0. The molecule has 1 rings (SSSR count). The van der Waals surface area contributed by atoms with Crippen molar-refractivity contribution in [2.24, 2.45) is 0 Å². The Balaban J connectivity index is 2.60. The van der Waals surface area contributed by atoms with Crippen molar-refractivity contribution in [2.45, 2.75) is 33.1 Å². The Morgan fingerprint density at radius 2 is 2.29 bits per heavy atom. The highest BCUT2D eigenvalue weighted by molar-refractivity contribution is 7.13. The normalized spacial score (nSPS) is 10.1. The van der Waals surface area contributed by atoms with Gasteiger partial charge in [-0.15, -0.1) is 17.9 Å². The van der Waals surface area contributed by atoms with Crippen LogP contribution in [-0.2, 0) is 0 Å². The lowest BCUT2D eigenvalue weighted by atomic mass is 10.1. The number of carbonyl (C=O) groups excluding carboxylic acids is 1. The van der Waals surface area contributed by atoms with Crippen LogP contribution in [0.3, 0.4) is 0 Å². The highest BCUT2D eigenvalue weighted by atomic mass is 32.1. The van der Waals surface area contributed by atoms with Gasteiger partial charge in [-0.2, -0.15) is 0 Å². The third-order valence-electron chi connectivity index (χ3n) is 1.97. The molecule has 0 spiro atoms. The average Bonchev–Trinajstić information content (AvgIpc) is 2.45. The number of aromatic nitrogens is 1. The Labute approximate surface area is 88.7 Å². The van der Waals surface area contributed by atoms with Gasteiger partial charge in [0.1, 0.15) is 0 Å². The third kappa shape index (κ3) is 2.77. The van der Waals surface area contributed by atoms with E-state index in [-0.39, 0.29) is 5.78 Å². The van der Waals surface area contributed by atoms with E-state index in [4.69, 9.17) is 0 Å². The van der Waals surface area contributed by atoms with Gasteiger partial charge in [0.05, 0.1) is 15.6 Å². The van der Waals surface area contributed by atoms with Crippen LogP contribution in [0, 0.1) is 13.8 Å². The predicted molar refractivity (Wildman–Crippen MR) is 60.0 cm³/mol. The number of Topliss-reactive ketones (excluding diaryl/α,β-unsaturated/α-hetero) is 1. The van der Waals surface area contributed by atoms with Gasteiger partial charge in [-0.25, -0.2) is 4.98 Å². The van der Waals surface area contributed by atoms with Gasteiger partial charge in [0.25, 0.3) is 0 Å². The number of allylic oxidation sites excluding steroid dienone is 1. The average molecular weight is 209 g/mol. The maximum Gasteiger partial charge on any atom is 0.174 e. The van der Waals surface area contributed by atoms with Crippen molar-refractivity contribution in [1.29, 1.82) is 0 Å². The standard InChI is InChI=1S/C11H15NOS/c1-4-5-6-7-10(13)11-8(2)12-9(3)14-11/h4H,1,5-7H2,2-3H3. The van der Waals surface area contributed by atoms with Gasteiger partial charge >= 0.3 is 0 Å². The molecule has 0 radical (unpaired) electrons. The number of hydrogen-bond acceptors (Lipinski definition) is 3.